The molecule has 1 saturated heterocycles. The van der Waals surface area contributed by atoms with Gasteiger partial charge in [-0.15, -0.1) is 0 Å². The van der Waals surface area contributed by atoms with Crippen LogP contribution in [0.15, 0.2) is 0 Å². The van der Waals surface area contributed by atoms with Crippen LogP contribution in [0.4, 0.5) is 0 Å². The fourth-order valence-corrected chi connectivity index (χ4v) is 3.31. The van der Waals surface area contributed by atoms with Crippen LogP contribution in [0.1, 0.15) is 84.9 Å². The highest BCUT2D eigenvalue weighted by molar-refractivity contribution is 9.09. The van der Waals surface area contributed by atoms with Gasteiger partial charge in [-0.1, -0.05) is 70.4 Å². The van der Waals surface area contributed by atoms with Crippen molar-refractivity contribution in [3.8, 4) is 0 Å². The van der Waals surface area contributed by atoms with Crippen LogP contribution in [-0.2, 0) is 9.47 Å². The Hall–Kier alpha value is 1.27. The minimum absolute atomic E-state index is 0. The molecule has 154 valence electrons. The van der Waals surface area contributed by atoms with E-state index in [1.807, 2.05) is 0 Å². The third-order valence-electron chi connectivity index (χ3n) is 4.01. The number of hydrogen-bond donors (Lipinski definition) is 1. The number of aliphatic hydroxyl groups is 1. The minimum atomic E-state index is 0. The number of rotatable bonds is 14. The van der Waals surface area contributed by atoms with Gasteiger partial charge in [0.15, 0.2) is 6.29 Å². The molecule has 0 aliphatic carbocycles. The first-order valence-electron chi connectivity index (χ1n) is 10.4. The van der Waals surface area contributed by atoms with Crippen molar-refractivity contribution in [2.45, 2.75) is 89.8 Å². The molecule has 2 atom stereocenters. The van der Waals surface area contributed by atoms with E-state index in [0.29, 0.717) is 6.61 Å². The zero-order chi connectivity index (χ0) is 19.7. The van der Waals surface area contributed by atoms with E-state index < -0.39 is 0 Å². The first kappa shape index (κ1) is 26.3. The van der Waals surface area contributed by atoms with Gasteiger partial charge in [0.1, 0.15) is 0 Å². The summed E-state index contributed by atoms with van der Waals surface area (Å²) in [5.41, 5.74) is 0. The van der Waals surface area contributed by atoms with Gasteiger partial charge in [-0.2, -0.15) is 9.84 Å². The van der Waals surface area contributed by atoms with E-state index >= 15 is 0 Å². The molecule has 0 radical (unpaired) electrons. The topological polar surface area (TPSA) is 38.7 Å². The summed E-state index contributed by atoms with van der Waals surface area (Å²) in [6.45, 7) is 2.11. The largest absolute Gasteiger partial charge is 1.00 e. The molecule has 25 heavy (non-hydrogen) atoms. The van der Waals surface area contributed by atoms with E-state index in [1.54, 1.807) is 9.84 Å². The molecule has 0 aromatic carbocycles. The van der Waals surface area contributed by atoms with Gasteiger partial charge < -0.3 is 14.6 Å². The van der Waals surface area contributed by atoms with Crippen LogP contribution in [0.2, 0.25) is 0 Å². The quantitative estimate of drug-likeness (QED) is 0.168. The van der Waals surface area contributed by atoms with Gasteiger partial charge in [-0.25, -0.2) is 0 Å². The van der Waals surface area contributed by atoms with E-state index in [4.69, 9.17) is 15.9 Å². The molecule has 0 aromatic rings. The molecular formula is C19H42Br2O3P+. The number of alkyl halides is 2. The molecule has 1 aliphatic rings. The molecule has 1 fully saturated rings. The zero-order valence-electron chi connectivity index (χ0n) is 17.9. The van der Waals surface area contributed by atoms with Crippen LogP contribution in [0.3, 0.4) is 0 Å². The van der Waals surface area contributed by atoms with E-state index in [2.05, 4.69) is 31.9 Å². The highest BCUT2D eigenvalue weighted by Crippen LogP contribution is 2.14. The Morgan fingerprint density at radius 2 is 1.48 bits per heavy atom. The van der Waals surface area contributed by atoms with E-state index in [1.165, 1.54) is 70.6 Å². The molecular weight excluding hydrogens is 467 g/mol. The fraction of sp³-hybridized carbons (Fsp3) is 1.00. The molecule has 2 unspecified atom stereocenters. The lowest BCUT2D eigenvalue weighted by atomic mass is 10.2. The molecule has 0 aromatic heterocycles. The predicted octanol–water partition coefficient (Wildman–Crippen LogP) is 6.37. The van der Waals surface area contributed by atoms with Crippen molar-refractivity contribution in [1.82, 2.24) is 0 Å². The highest BCUT2D eigenvalue weighted by Gasteiger charge is 2.13. The number of hydrogen-bond acceptors (Lipinski definition) is 3. The Kier molecular flexibility index (Phi) is 26.6. The first-order valence-corrected chi connectivity index (χ1v) is 12.1. The molecule has 1 aliphatic heterocycles. The van der Waals surface area contributed by atoms with Gasteiger partial charge in [0.05, 0.1) is 1.28 Å². The number of unbranched alkanes of at least 4 members (excludes halogenated alkanes) is 8. The maximum atomic E-state index is 8.41. The average molecular weight is 510 g/mol. The van der Waals surface area contributed by atoms with Crippen molar-refractivity contribution < 1.29 is 16.0 Å². The third-order valence-corrected chi connectivity index (χ3v) is 5.13. The molecule has 0 spiro atoms. The summed E-state index contributed by atoms with van der Waals surface area (Å²) >= 11 is 6.81. The Bertz CT molecular complexity index is 235. The SMILES string of the molecule is BrCCCCCCCOC1CCCCO1.OCCCCCCCBr.[2H]P.[H+]. The summed E-state index contributed by atoms with van der Waals surface area (Å²) < 4.78 is 16.8. The summed E-state index contributed by atoms with van der Waals surface area (Å²) in [6.07, 6.45) is 16.1. The second kappa shape index (κ2) is 25.3. The molecule has 1 N–H and O–H groups in total. The Morgan fingerprint density at radius 1 is 0.920 bits per heavy atom. The Balaban J connectivity index is -0.000000416. The Morgan fingerprint density at radius 3 is 2.00 bits per heavy atom. The second-order valence-electron chi connectivity index (χ2n) is 6.30. The maximum Gasteiger partial charge on any atom is 1.00 e. The normalized spacial score (nSPS) is 17.0. The Labute approximate surface area is 179 Å². The first-order chi connectivity index (χ1) is 12.8. The van der Waals surface area contributed by atoms with Crippen molar-refractivity contribution in [3.05, 3.63) is 0 Å². The fourth-order valence-electron chi connectivity index (χ4n) is 2.52. The molecule has 1 rings (SSSR count). The summed E-state index contributed by atoms with van der Waals surface area (Å²) in [4.78, 5) is 0. The predicted molar refractivity (Wildman–Crippen MR) is 123 cm³/mol. The van der Waals surface area contributed by atoms with Crippen LogP contribution in [-0.4, -0.2) is 43.2 Å². The van der Waals surface area contributed by atoms with Crippen LogP contribution < -0.4 is 0 Å². The van der Waals surface area contributed by atoms with Crippen molar-refractivity contribution in [2.75, 3.05) is 30.5 Å². The molecule has 3 nitrogen and oxygen atoms in total. The second-order valence-corrected chi connectivity index (χ2v) is 7.89. The van der Waals surface area contributed by atoms with Gasteiger partial charge in [0, 0.05) is 30.5 Å². The lowest BCUT2D eigenvalue weighted by Gasteiger charge is -2.22. The van der Waals surface area contributed by atoms with E-state index in [-0.39, 0.29) is 7.72 Å². The summed E-state index contributed by atoms with van der Waals surface area (Å²) in [5.74, 6) is 0. The monoisotopic (exact) mass is 508 g/mol. The summed E-state index contributed by atoms with van der Waals surface area (Å²) in [6, 6.07) is 0. The molecule has 6 heteroatoms. The lowest BCUT2D eigenvalue weighted by molar-refractivity contribution is -0.162. The van der Waals surface area contributed by atoms with Crippen LogP contribution in [0.25, 0.3) is 0 Å². The van der Waals surface area contributed by atoms with Gasteiger partial charge in [-0.3, -0.25) is 0 Å². The van der Waals surface area contributed by atoms with Gasteiger partial charge in [0.25, 0.3) is 0 Å². The average Bonchev–Trinajstić information content (AvgIpc) is 2.70. The van der Waals surface area contributed by atoms with Crippen LogP contribution in [0, 0.1) is 0 Å². The standard InChI is InChI=1S/C12H23BrO2.C7H15BrO.H3P/c13-9-5-2-1-3-6-10-14-12-8-4-7-11-15-12;8-6-4-2-1-3-5-7-9;/h12H,1-11H2;9H,1-7H2;1H3/p+1/i;;1D. The highest BCUT2D eigenvalue weighted by atomic mass is 79.9. The van der Waals surface area contributed by atoms with Gasteiger partial charge in [0.2, 0.25) is 0 Å². The molecule has 1 heterocycles. The number of ether oxygens (including phenoxy) is 2. The van der Waals surface area contributed by atoms with Crippen molar-refractivity contribution in [3.63, 3.8) is 0 Å². The van der Waals surface area contributed by atoms with E-state index in [0.717, 1.165) is 36.7 Å². The summed E-state index contributed by atoms with van der Waals surface area (Å²) in [5, 5.41) is 10.7. The van der Waals surface area contributed by atoms with Gasteiger partial charge >= 0.3 is 1.43 Å². The molecule has 0 bridgehead atoms. The summed E-state index contributed by atoms with van der Waals surface area (Å²) in [7, 11) is 1.67. The molecule has 0 amide bonds. The minimum Gasteiger partial charge on any atom is -0.396 e. The zero-order valence-corrected chi connectivity index (χ0v) is 20.2. The van der Waals surface area contributed by atoms with Crippen LogP contribution in [0.5, 0.6) is 0 Å². The van der Waals surface area contributed by atoms with E-state index in [9.17, 15) is 0 Å². The maximum absolute atomic E-state index is 8.41. The lowest BCUT2D eigenvalue weighted by Crippen LogP contribution is -2.22. The smallest absolute Gasteiger partial charge is 0.396 e. The van der Waals surface area contributed by atoms with Crippen molar-refractivity contribution in [1.29, 1.82) is 1.28 Å². The number of aliphatic hydroxyl groups excluding tert-OH is 1. The van der Waals surface area contributed by atoms with Crippen LogP contribution >= 0.6 is 41.7 Å². The van der Waals surface area contributed by atoms with Crippen molar-refractivity contribution in [2.24, 2.45) is 0 Å². The van der Waals surface area contributed by atoms with Crippen molar-refractivity contribution >= 4 is 41.7 Å². The third kappa shape index (κ3) is 23.2. The van der Waals surface area contributed by atoms with Gasteiger partial charge in [-0.05, 0) is 44.9 Å². The number of halogens is 2. The molecule has 0 saturated carbocycles.